The number of hydrogen-bond acceptors (Lipinski definition) is 6. The summed E-state index contributed by atoms with van der Waals surface area (Å²) in [5.41, 5.74) is 0.409. The number of amidine groups is 1. The van der Waals surface area contributed by atoms with Gasteiger partial charge in [0.15, 0.2) is 5.17 Å². The number of rotatable bonds is 3. The minimum Gasteiger partial charge on any atom is -0.507 e. The van der Waals surface area contributed by atoms with E-state index in [1.807, 2.05) is 0 Å². The van der Waals surface area contributed by atoms with Gasteiger partial charge in [-0.3, -0.25) is 14.9 Å². The molecule has 0 radical (unpaired) electrons. The molecule has 2 aromatic rings. The van der Waals surface area contributed by atoms with Crippen LogP contribution in [0.1, 0.15) is 5.56 Å². The number of nitrogens with one attached hydrogen (secondary N) is 1. The predicted molar refractivity (Wildman–Crippen MR) is 92.0 cm³/mol. The molecule has 0 aliphatic carbocycles. The van der Waals surface area contributed by atoms with Crippen LogP contribution in [0.2, 0.25) is 0 Å². The van der Waals surface area contributed by atoms with Crippen LogP contribution in [0.4, 0.5) is 15.8 Å². The van der Waals surface area contributed by atoms with E-state index in [0.717, 1.165) is 11.8 Å². The Bertz CT molecular complexity index is 925. The Morgan fingerprint density at radius 3 is 2.64 bits per heavy atom. The molecule has 3 rings (SSSR count). The molecule has 0 spiro atoms. The second-order valence-corrected chi connectivity index (χ2v) is 5.99. The highest BCUT2D eigenvalue weighted by Crippen LogP contribution is 2.31. The smallest absolute Gasteiger partial charge is 0.270 e. The maximum atomic E-state index is 12.9. The number of thioether (sulfide) groups is 1. The lowest BCUT2D eigenvalue weighted by Crippen LogP contribution is -2.19. The molecular formula is C16H10FN3O4S. The maximum Gasteiger partial charge on any atom is 0.270 e. The van der Waals surface area contributed by atoms with Crippen molar-refractivity contribution in [2.24, 2.45) is 4.99 Å². The van der Waals surface area contributed by atoms with E-state index in [4.69, 9.17) is 0 Å². The number of aliphatic imine (C=N–C) groups is 1. The molecule has 1 fully saturated rings. The van der Waals surface area contributed by atoms with Gasteiger partial charge < -0.3 is 10.4 Å². The number of phenolic OH excluding ortho intramolecular Hbond substituents is 1. The van der Waals surface area contributed by atoms with E-state index in [-0.39, 0.29) is 27.1 Å². The number of nitro groups is 1. The number of carbonyl (C=O) groups is 1. The van der Waals surface area contributed by atoms with Crippen LogP contribution in [0.25, 0.3) is 6.08 Å². The molecular weight excluding hydrogens is 349 g/mol. The van der Waals surface area contributed by atoms with Crippen molar-refractivity contribution in [3.63, 3.8) is 0 Å². The first kappa shape index (κ1) is 16.7. The van der Waals surface area contributed by atoms with Crippen molar-refractivity contribution in [1.29, 1.82) is 0 Å². The molecule has 126 valence electrons. The second-order valence-electron chi connectivity index (χ2n) is 4.96. The van der Waals surface area contributed by atoms with Gasteiger partial charge in [-0.15, -0.1) is 0 Å². The highest BCUT2D eigenvalue weighted by molar-refractivity contribution is 8.18. The van der Waals surface area contributed by atoms with Crippen LogP contribution in [0, 0.1) is 15.9 Å². The molecule has 1 amide bonds. The molecule has 0 bridgehead atoms. The van der Waals surface area contributed by atoms with Crippen LogP contribution in [0.5, 0.6) is 5.75 Å². The van der Waals surface area contributed by atoms with Crippen molar-refractivity contribution >= 4 is 40.3 Å². The van der Waals surface area contributed by atoms with Crippen LogP contribution in [0.15, 0.2) is 52.4 Å². The fourth-order valence-corrected chi connectivity index (χ4v) is 2.86. The Labute approximate surface area is 145 Å². The lowest BCUT2D eigenvalue weighted by Gasteiger charge is -1.99. The number of halogens is 1. The van der Waals surface area contributed by atoms with Crippen molar-refractivity contribution in [1.82, 2.24) is 5.32 Å². The second kappa shape index (κ2) is 6.73. The van der Waals surface area contributed by atoms with E-state index < -0.39 is 16.6 Å². The summed E-state index contributed by atoms with van der Waals surface area (Å²) in [6, 6.07) is 8.95. The Morgan fingerprint density at radius 2 is 1.96 bits per heavy atom. The molecule has 7 nitrogen and oxygen atoms in total. The van der Waals surface area contributed by atoms with Crippen LogP contribution in [-0.4, -0.2) is 21.1 Å². The number of nitro benzene ring substituents is 1. The quantitative estimate of drug-likeness (QED) is 0.497. The van der Waals surface area contributed by atoms with Gasteiger partial charge in [0.05, 0.1) is 15.5 Å². The van der Waals surface area contributed by atoms with Crippen molar-refractivity contribution in [3.8, 4) is 5.75 Å². The third-order valence-electron chi connectivity index (χ3n) is 3.22. The van der Waals surface area contributed by atoms with Gasteiger partial charge >= 0.3 is 0 Å². The molecule has 2 N–H and O–H groups in total. The van der Waals surface area contributed by atoms with Crippen molar-refractivity contribution in [2.45, 2.75) is 0 Å². The summed E-state index contributed by atoms with van der Waals surface area (Å²) in [7, 11) is 0. The summed E-state index contributed by atoms with van der Waals surface area (Å²) in [5.74, 6) is -1.03. The summed E-state index contributed by atoms with van der Waals surface area (Å²) < 4.78 is 12.9. The summed E-state index contributed by atoms with van der Waals surface area (Å²) in [6.07, 6.45) is 1.34. The lowest BCUT2D eigenvalue weighted by molar-refractivity contribution is -0.384. The number of hydrogen-bond donors (Lipinski definition) is 2. The van der Waals surface area contributed by atoms with E-state index in [1.165, 1.54) is 48.5 Å². The zero-order valence-corrected chi connectivity index (χ0v) is 13.3. The zero-order valence-electron chi connectivity index (χ0n) is 12.5. The van der Waals surface area contributed by atoms with Gasteiger partial charge in [0.1, 0.15) is 11.6 Å². The van der Waals surface area contributed by atoms with Crippen LogP contribution in [-0.2, 0) is 4.79 Å². The Kier molecular flexibility index (Phi) is 4.48. The molecule has 0 atom stereocenters. The summed E-state index contributed by atoms with van der Waals surface area (Å²) >= 11 is 1.01. The average molecular weight is 359 g/mol. The average Bonchev–Trinajstić information content (AvgIpc) is 2.91. The number of benzene rings is 2. The minimum atomic E-state index is -0.593. The van der Waals surface area contributed by atoms with Gasteiger partial charge in [0.2, 0.25) is 0 Å². The fourth-order valence-electron chi connectivity index (χ4n) is 2.03. The molecule has 1 aliphatic heterocycles. The van der Waals surface area contributed by atoms with Crippen molar-refractivity contribution in [3.05, 3.63) is 68.9 Å². The number of nitrogens with zero attached hydrogens (tertiary/aromatic N) is 2. The van der Waals surface area contributed by atoms with E-state index in [0.29, 0.717) is 5.69 Å². The monoisotopic (exact) mass is 359 g/mol. The van der Waals surface area contributed by atoms with Gasteiger partial charge in [-0.1, -0.05) is 0 Å². The van der Waals surface area contributed by atoms with E-state index in [9.17, 15) is 24.4 Å². The van der Waals surface area contributed by atoms with Crippen LogP contribution >= 0.6 is 11.8 Å². The molecule has 2 aromatic carbocycles. The highest BCUT2D eigenvalue weighted by atomic mass is 32.2. The highest BCUT2D eigenvalue weighted by Gasteiger charge is 2.24. The third-order valence-corrected chi connectivity index (χ3v) is 4.13. The standard InChI is InChI=1S/C16H10FN3O4S/c17-10-1-3-11(4-2-10)18-16-19-15(22)14(25-16)8-9-7-12(20(23)24)5-6-13(9)21/h1-8,21H,(H,18,19,22)/b14-8+. The lowest BCUT2D eigenvalue weighted by atomic mass is 10.1. The molecule has 1 saturated heterocycles. The normalized spacial score (nSPS) is 17.1. The van der Waals surface area contributed by atoms with Gasteiger partial charge in [-0.05, 0) is 48.2 Å². The number of carbonyl (C=O) groups excluding carboxylic acids is 1. The van der Waals surface area contributed by atoms with Gasteiger partial charge in [-0.25, -0.2) is 9.38 Å². The fraction of sp³-hybridized carbons (Fsp3) is 0. The molecule has 0 aromatic heterocycles. The van der Waals surface area contributed by atoms with Crippen LogP contribution < -0.4 is 5.32 Å². The van der Waals surface area contributed by atoms with Crippen LogP contribution in [0.3, 0.4) is 0 Å². The van der Waals surface area contributed by atoms with E-state index >= 15 is 0 Å². The molecule has 9 heteroatoms. The molecule has 1 heterocycles. The zero-order chi connectivity index (χ0) is 18.0. The first-order valence-electron chi connectivity index (χ1n) is 6.95. The third kappa shape index (κ3) is 3.83. The Hall–Kier alpha value is -3.20. The molecule has 0 unspecified atom stereocenters. The van der Waals surface area contributed by atoms with Gasteiger partial charge in [-0.2, -0.15) is 0 Å². The summed E-state index contributed by atoms with van der Waals surface area (Å²) in [6.45, 7) is 0. The van der Waals surface area contributed by atoms with Gasteiger partial charge in [0, 0.05) is 17.7 Å². The predicted octanol–water partition coefficient (Wildman–Crippen LogP) is 3.33. The number of phenols is 1. The first-order valence-corrected chi connectivity index (χ1v) is 7.76. The Balaban J connectivity index is 1.88. The van der Waals surface area contributed by atoms with Gasteiger partial charge in [0.25, 0.3) is 11.6 Å². The number of amides is 1. The van der Waals surface area contributed by atoms with Crippen molar-refractivity contribution in [2.75, 3.05) is 0 Å². The summed E-state index contributed by atoms with van der Waals surface area (Å²) in [5, 5.41) is 23.5. The van der Waals surface area contributed by atoms with E-state index in [2.05, 4.69) is 10.3 Å². The Morgan fingerprint density at radius 1 is 1.24 bits per heavy atom. The molecule has 25 heavy (non-hydrogen) atoms. The molecule has 0 saturated carbocycles. The van der Waals surface area contributed by atoms with E-state index in [1.54, 1.807) is 0 Å². The number of non-ortho nitro benzene ring substituents is 1. The summed E-state index contributed by atoms with van der Waals surface area (Å²) in [4.78, 5) is 26.6. The largest absolute Gasteiger partial charge is 0.507 e. The first-order chi connectivity index (χ1) is 11.9. The SMILES string of the molecule is O=C1NC(=Nc2ccc(F)cc2)S/C1=C/c1cc([N+](=O)[O-])ccc1O. The molecule has 1 aliphatic rings. The minimum absolute atomic E-state index is 0.148. The maximum absolute atomic E-state index is 12.9. The number of aromatic hydroxyl groups is 1. The van der Waals surface area contributed by atoms with Crippen molar-refractivity contribution < 1.29 is 19.2 Å². The topological polar surface area (TPSA) is 105 Å².